The van der Waals surface area contributed by atoms with Crippen molar-refractivity contribution < 1.29 is 13.2 Å². The molecule has 0 heterocycles. The minimum absolute atomic E-state index is 0.0706. The first-order chi connectivity index (χ1) is 14.4. The molecule has 0 radical (unpaired) electrons. The first-order valence-corrected chi connectivity index (χ1v) is 12.1. The van der Waals surface area contributed by atoms with Crippen LogP contribution in [0.4, 0.5) is 5.69 Å². The zero-order valence-electron chi connectivity index (χ0n) is 16.5. The van der Waals surface area contributed by atoms with Crippen LogP contribution in [0.15, 0.2) is 65.1 Å². The summed E-state index contributed by atoms with van der Waals surface area (Å²) in [5, 5.41) is 3.12. The molecule has 2 aromatic carbocycles. The highest BCUT2D eigenvalue weighted by molar-refractivity contribution is 7.92. The van der Waals surface area contributed by atoms with Gasteiger partial charge in [-0.25, -0.2) is 8.42 Å². The van der Waals surface area contributed by atoms with E-state index in [1.54, 1.807) is 30.3 Å². The van der Waals surface area contributed by atoms with Crippen molar-refractivity contribution >= 4 is 44.8 Å². The first kappa shape index (κ1) is 22.7. The summed E-state index contributed by atoms with van der Waals surface area (Å²) in [4.78, 5) is 12.7. The van der Waals surface area contributed by atoms with Gasteiger partial charge in [0.25, 0.3) is 10.0 Å². The van der Waals surface area contributed by atoms with Crippen LogP contribution in [0.5, 0.6) is 0 Å². The predicted octanol–water partition coefficient (Wildman–Crippen LogP) is 5.20. The Balaban J connectivity index is 1.80. The van der Waals surface area contributed by atoms with Gasteiger partial charge in [-0.3, -0.25) is 9.10 Å². The van der Waals surface area contributed by atoms with Crippen LogP contribution in [0.25, 0.3) is 0 Å². The van der Waals surface area contributed by atoms with Crippen molar-refractivity contribution in [1.82, 2.24) is 5.32 Å². The molecule has 0 unspecified atom stereocenters. The Kier molecular flexibility index (Phi) is 7.81. The molecule has 0 aliphatic heterocycles. The first-order valence-electron chi connectivity index (χ1n) is 9.86. The van der Waals surface area contributed by atoms with Crippen LogP contribution in [0.3, 0.4) is 0 Å². The number of hydrogen-bond acceptors (Lipinski definition) is 3. The van der Waals surface area contributed by atoms with Gasteiger partial charge in [0.15, 0.2) is 0 Å². The van der Waals surface area contributed by atoms with Gasteiger partial charge < -0.3 is 5.32 Å². The topological polar surface area (TPSA) is 66.5 Å². The molecule has 0 bridgehead atoms. The minimum Gasteiger partial charge on any atom is -0.354 e. The van der Waals surface area contributed by atoms with E-state index in [2.05, 4.69) is 11.4 Å². The Morgan fingerprint density at radius 1 is 1.03 bits per heavy atom. The number of rotatable bonds is 8. The van der Waals surface area contributed by atoms with Crippen molar-refractivity contribution in [2.75, 3.05) is 17.4 Å². The summed E-state index contributed by atoms with van der Waals surface area (Å²) in [6, 6.07) is 12.6. The zero-order valence-corrected chi connectivity index (χ0v) is 18.8. The molecule has 1 N–H and O–H groups in total. The van der Waals surface area contributed by atoms with Gasteiger partial charge in [-0.05, 0) is 56.4 Å². The van der Waals surface area contributed by atoms with Crippen molar-refractivity contribution in [2.45, 2.75) is 37.0 Å². The molecule has 0 spiro atoms. The standard InChI is InChI=1S/C22H24Cl2N2O3S/c23-19-12-7-13-20(22(19)24)26(30(28,29)18-10-5-2-6-11-18)16-21(27)25-15-14-17-8-3-1-4-9-17/h2,5-8,10-13H,1,3-4,9,14-16H2,(H,25,27). The molecule has 3 rings (SSSR count). The summed E-state index contributed by atoms with van der Waals surface area (Å²) in [5.41, 5.74) is 1.51. The number of nitrogens with zero attached hydrogens (tertiary/aromatic N) is 1. The molecule has 5 nitrogen and oxygen atoms in total. The highest BCUT2D eigenvalue weighted by atomic mass is 35.5. The number of nitrogens with one attached hydrogen (secondary N) is 1. The molecule has 0 saturated heterocycles. The summed E-state index contributed by atoms with van der Waals surface area (Å²) >= 11 is 12.4. The third-order valence-corrected chi connectivity index (χ3v) is 7.55. The molecule has 2 aromatic rings. The number of hydrogen-bond donors (Lipinski definition) is 1. The van der Waals surface area contributed by atoms with Crippen LogP contribution in [0.1, 0.15) is 32.1 Å². The highest BCUT2D eigenvalue weighted by Gasteiger charge is 2.29. The van der Waals surface area contributed by atoms with Crippen molar-refractivity contribution in [3.8, 4) is 0 Å². The monoisotopic (exact) mass is 466 g/mol. The van der Waals surface area contributed by atoms with Crippen LogP contribution >= 0.6 is 23.2 Å². The van der Waals surface area contributed by atoms with E-state index in [0.717, 1.165) is 23.6 Å². The van der Waals surface area contributed by atoms with Gasteiger partial charge >= 0.3 is 0 Å². The quantitative estimate of drug-likeness (QED) is 0.543. The van der Waals surface area contributed by atoms with Crippen LogP contribution in [0.2, 0.25) is 10.0 Å². The maximum atomic E-state index is 13.3. The molecule has 0 aromatic heterocycles. The lowest BCUT2D eigenvalue weighted by atomic mass is 9.97. The number of sulfonamides is 1. The largest absolute Gasteiger partial charge is 0.354 e. The van der Waals surface area contributed by atoms with E-state index in [9.17, 15) is 13.2 Å². The number of halogens is 2. The molecule has 160 valence electrons. The van der Waals surface area contributed by atoms with Crippen LogP contribution in [-0.4, -0.2) is 27.4 Å². The Morgan fingerprint density at radius 3 is 2.50 bits per heavy atom. The molecule has 1 amide bonds. The Morgan fingerprint density at radius 2 is 1.80 bits per heavy atom. The number of anilines is 1. The van der Waals surface area contributed by atoms with Crippen molar-refractivity contribution in [3.05, 3.63) is 70.2 Å². The van der Waals surface area contributed by atoms with E-state index in [-0.39, 0.29) is 20.6 Å². The van der Waals surface area contributed by atoms with Crippen molar-refractivity contribution in [1.29, 1.82) is 0 Å². The third kappa shape index (κ3) is 5.56. The second-order valence-corrected chi connectivity index (χ2v) is 9.75. The van der Waals surface area contributed by atoms with Crippen LogP contribution in [-0.2, 0) is 14.8 Å². The lowest BCUT2D eigenvalue weighted by Crippen LogP contribution is -2.41. The van der Waals surface area contributed by atoms with Gasteiger partial charge in [-0.2, -0.15) is 0 Å². The molecule has 8 heteroatoms. The average molecular weight is 467 g/mol. The van der Waals surface area contributed by atoms with E-state index < -0.39 is 22.5 Å². The van der Waals surface area contributed by atoms with E-state index in [0.29, 0.717) is 6.54 Å². The van der Waals surface area contributed by atoms with Crippen molar-refractivity contribution in [3.63, 3.8) is 0 Å². The predicted molar refractivity (Wildman–Crippen MR) is 122 cm³/mol. The number of carbonyl (C=O) groups is 1. The summed E-state index contributed by atoms with van der Waals surface area (Å²) in [6.07, 6.45) is 7.53. The van der Waals surface area contributed by atoms with Crippen molar-refractivity contribution in [2.24, 2.45) is 0 Å². The average Bonchev–Trinajstić information content (AvgIpc) is 2.75. The molecular formula is C22H24Cl2N2O3S. The summed E-state index contributed by atoms with van der Waals surface area (Å²) in [6.45, 7) is 0.0729. The van der Waals surface area contributed by atoms with Gasteiger partial charge in [-0.1, -0.05) is 59.1 Å². The van der Waals surface area contributed by atoms with E-state index >= 15 is 0 Å². The Bertz CT molecular complexity index is 1020. The molecule has 0 saturated carbocycles. The second-order valence-electron chi connectivity index (χ2n) is 7.11. The number of amides is 1. The number of benzene rings is 2. The van der Waals surface area contributed by atoms with E-state index in [1.807, 2.05) is 0 Å². The van der Waals surface area contributed by atoms with E-state index in [4.69, 9.17) is 23.2 Å². The highest BCUT2D eigenvalue weighted by Crippen LogP contribution is 2.35. The normalized spacial score (nSPS) is 14.1. The molecule has 0 atom stereocenters. The van der Waals surface area contributed by atoms with Crippen LogP contribution < -0.4 is 9.62 Å². The van der Waals surface area contributed by atoms with Gasteiger partial charge in [0.05, 0.1) is 20.6 Å². The van der Waals surface area contributed by atoms with Gasteiger partial charge in [-0.15, -0.1) is 0 Å². The fourth-order valence-electron chi connectivity index (χ4n) is 3.38. The lowest BCUT2D eigenvalue weighted by Gasteiger charge is -2.25. The number of allylic oxidation sites excluding steroid dienone is 1. The van der Waals surface area contributed by atoms with E-state index in [1.165, 1.54) is 36.6 Å². The molecule has 30 heavy (non-hydrogen) atoms. The second kappa shape index (κ2) is 10.3. The summed E-state index contributed by atoms with van der Waals surface area (Å²) in [5.74, 6) is -0.401. The maximum Gasteiger partial charge on any atom is 0.264 e. The molecular weight excluding hydrogens is 443 g/mol. The fourth-order valence-corrected chi connectivity index (χ4v) is 5.29. The summed E-state index contributed by atoms with van der Waals surface area (Å²) < 4.78 is 27.6. The summed E-state index contributed by atoms with van der Waals surface area (Å²) in [7, 11) is -4.02. The minimum atomic E-state index is -4.02. The third-order valence-electron chi connectivity index (χ3n) is 4.97. The van der Waals surface area contributed by atoms with Gasteiger partial charge in [0, 0.05) is 6.54 Å². The smallest absolute Gasteiger partial charge is 0.264 e. The Hall–Kier alpha value is -2.02. The SMILES string of the molecule is O=C(CN(c1cccc(Cl)c1Cl)S(=O)(=O)c1ccccc1)NCCC1=CCCCC1. The zero-order chi connectivity index (χ0) is 21.6. The van der Waals surface area contributed by atoms with Crippen LogP contribution in [0, 0.1) is 0 Å². The lowest BCUT2D eigenvalue weighted by molar-refractivity contribution is -0.119. The van der Waals surface area contributed by atoms with Gasteiger partial charge in [0.1, 0.15) is 6.54 Å². The molecule has 1 aliphatic rings. The fraction of sp³-hybridized carbons (Fsp3) is 0.318. The molecule has 0 fully saturated rings. The number of carbonyl (C=O) groups excluding carboxylic acids is 1. The molecule has 1 aliphatic carbocycles. The maximum absolute atomic E-state index is 13.3. The Labute approximate surface area is 187 Å². The van der Waals surface area contributed by atoms with Gasteiger partial charge in [0.2, 0.25) is 5.91 Å².